The molecule has 0 saturated carbocycles. The van der Waals surface area contributed by atoms with Crippen molar-refractivity contribution in [1.82, 2.24) is 10.5 Å². The third kappa shape index (κ3) is 3.32. The molecule has 0 aliphatic carbocycles. The third-order valence-corrected chi connectivity index (χ3v) is 2.50. The number of rotatable bonds is 3. The van der Waals surface area contributed by atoms with E-state index in [4.69, 9.17) is 4.74 Å². The Morgan fingerprint density at radius 2 is 1.94 bits per heavy atom. The van der Waals surface area contributed by atoms with Gasteiger partial charge in [-0.25, -0.2) is 10.5 Å². The van der Waals surface area contributed by atoms with E-state index in [0.29, 0.717) is 0 Å². The van der Waals surface area contributed by atoms with Crippen molar-refractivity contribution in [3.05, 3.63) is 35.4 Å². The van der Waals surface area contributed by atoms with E-state index in [1.54, 1.807) is 0 Å². The minimum atomic E-state index is 0.771. The molecule has 86 valence electrons. The highest BCUT2D eigenvalue weighted by atomic mass is 16.5. The number of hydrogen-bond donors (Lipinski definition) is 1. The Morgan fingerprint density at radius 3 is 2.62 bits per heavy atom. The van der Waals surface area contributed by atoms with Crippen LogP contribution in [0, 0.1) is 6.92 Å². The lowest BCUT2D eigenvalue weighted by Gasteiger charge is -2.25. The summed E-state index contributed by atoms with van der Waals surface area (Å²) in [6.45, 7) is 5.38. The molecule has 4 nitrogen and oxygen atoms in total. The minimum absolute atomic E-state index is 0.771. The van der Waals surface area contributed by atoms with E-state index in [1.807, 2.05) is 11.2 Å². The van der Waals surface area contributed by atoms with Gasteiger partial charge in [-0.3, -0.25) is 0 Å². The molecule has 16 heavy (non-hydrogen) atoms. The monoisotopic (exact) mass is 219 g/mol. The summed E-state index contributed by atoms with van der Waals surface area (Å²) >= 11 is 0. The van der Waals surface area contributed by atoms with Crippen LogP contribution in [0.25, 0.3) is 0 Å². The first kappa shape index (κ1) is 11.1. The van der Waals surface area contributed by atoms with Crippen LogP contribution in [-0.4, -0.2) is 37.5 Å². The summed E-state index contributed by atoms with van der Waals surface area (Å²) < 4.78 is 5.24. The SMILES string of the molecule is Cc1ccc(C=NNN2CCOCC2)cc1. The van der Waals surface area contributed by atoms with Gasteiger partial charge in [-0.1, -0.05) is 29.8 Å². The van der Waals surface area contributed by atoms with Gasteiger partial charge in [-0.15, -0.1) is 0 Å². The maximum atomic E-state index is 5.24. The van der Waals surface area contributed by atoms with E-state index in [-0.39, 0.29) is 0 Å². The zero-order chi connectivity index (χ0) is 11.2. The largest absolute Gasteiger partial charge is 0.379 e. The summed E-state index contributed by atoms with van der Waals surface area (Å²) in [6, 6.07) is 8.27. The number of morpholine rings is 1. The highest BCUT2D eigenvalue weighted by molar-refractivity contribution is 5.79. The predicted molar refractivity (Wildman–Crippen MR) is 64.3 cm³/mol. The standard InChI is InChI=1S/C12H17N3O/c1-11-2-4-12(5-3-11)10-13-14-15-6-8-16-9-7-15/h2-5,10,14H,6-9H2,1H3. The van der Waals surface area contributed by atoms with Crippen molar-refractivity contribution in [2.75, 3.05) is 26.3 Å². The third-order valence-electron chi connectivity index (χ3n) is 2.50. The van der Waals surface area contributed by atoms with Gasteiger partial charge in [0.05, 0.1) is 19.4 Å². The molecule has 1 saturated heterocycles. The number of nitrogens with one attached hydrogen (secondary N) is 1. The molecule has 1 aliphatic heterocycles. The first-order valence-corrected chi connectivity index (χ1v) is 5.53. The van der Waals surface area contributed by atoms with Crippen LogP contribution in [0.4, 0.5) is 0 Å². The second-order valence-corrected chi connectivity index (χ2v) is 3.87. The Bertz CT molecular complexity index is 342. The van der Waals surface area contributed by atoms with Crippen LogP contribution in [0.15, 0.2) is 29.4 Å². The smallest absolute Gasteiger partial charge is 0.0613 e. The van der Waals surface area contributed by atoms with Gasteiger partial charge < -0.3 is 4.74 Å². The van der Waals surface area contributed by atoms with Gasteiger partial charge in [-0.2, -0.15) is 5.10 Å². The predicted octanol–water partition coefficient (Wildman–Crippen LogP) is 1.17. The lowest BCUT2D eigenvalue weighted by Crippen LogP contribution is -2.43. The summed E-state index contributed by atoms with van der Waals surface area (Å²) in [5.74, 6) is 0. The van der Waals surface area contributed by atoms with Gasteiger partial charge in [0.25, 0.3) is 0 Å². The van der Waals surface area contributed by atoms with Crippen molar-refractivity contribution in [3.63, 3.8) is 0 Å². The molecule has 0 unspecified atom stereocenters. The van der Waals surface area contributed by atoms with Crippen LogP contribution in [0.5, 0.6) is 0 Å². The van der Waals surface area contributed by atoms with E-state index >= 15 is 0 Å². The fourth-order valence-corrected chi connectivity index (χ4v) is 1.50. The van der Waals surface area contributed by atoms with Crippen LogP contribution >= 0.6 is 0 Å². The Hall–Kier alpha value is -1.39. The van der Waals surface area contributed by atoms with Crippen molar-refractivity contribution in [3.8, 4) is 0 Å². The van der Waals surface area contributed by atoms with Crippen LogP contribution in [-0.2, 0) is 4.74 Å². The van der Waals surface area contributed by atoms with E-state index in [1.165, 1.54) is 5.56 Å². The maximum Gasteiger partial charge on any atom is 0.0613 e. The first-order chi connectivity index (χ1) is 7.84. The highest BCUT2D eigenvalue weighted by Crippen LogP contribution is 2.00. The zero-order valence-electron chi connectivity index (χ0n) is 9.52. The van der Waals surface area contributed by atoms with Crippen LogP contribution in [0.2, 0.25) is 0 Å². The lowest BCUT2D eigenvalue weighted by molar-refractivity contribution is 0.0128. The van der Waals surface area contributed by atoms with E-state index < -0.39 is 0 Å². The maximum absolute atomic E-state index is 5.24. The molecule has 0 radical (unpaired) electrons. The summed E-state index contributed by atoms with van der Waals surface area (Å²) in [7, 11) is 0. The molecular weight excluding hydrogens is 202 g/mol. The number of nitrogens with zero attached hydrogens (tertiary/aromatic N) is 2. The van der Waals surface area contributed by atoms with Gasteiger partial charge in [0.1, 0.15) is 0 Å². The van der Waals surface area contributed by atoms with Crippen LogP contribution < -0.4 is 5.53 Å². The van der Waals surface area contributed by atoms with E-state index in [0.717, 1.165) is 31.9 Å². The number of hydrazine groups is 1. The Labute approximate surface area is 95.9 Å². The summed E-state index contributed by atoms with van der Waals surface area (Å²) in [5.41, 5.74) is 5.37. The second-order valence-electron chi connectivity index (χ2n) is 3.87. The number of benzene rings is 1. The van der Waals surface area contributed by atoms with Crippen molar-refractivity contribution in [1.29, 1.82) is 0 Å². The molecule has 0 bridgehead atoms. The summed E-state index contributed by atoms with van der Waals surface area (Å²) in [5, 5.41) is 6.24. The topological polar surface area (TPSA) is 36.9 Å². The lowest BCUT2D eigenvalue weighted by atomic mass is 10.2. The Kier molecular flexibility index (Phi) is 3.91. The fraction of sp³-hybridized carbons (Fsp3) is 0.417. The van der Waals surface area contributed by atoms with Gasteiger partial charge in [0.15, 0.2) is 0 Å². The molecule has 4 heteroatoms. The molecule has 1 aromatic carbocycles. The molecule has 0 spiro atoms. The molecule has 0 amide bonds. The molecule has 0 atom stereocenters. The van der Waals surface area contributed by atoms with Crippen molar-refractivity contribution in [2.45, 2.75) is 6.92 Å². The van der Waals surface area contributed by atoms with Crippen molar-refractivity contribution in [2.24, 2.45) is 5.10 Å². The Morgan fingerprint density at radius 1 is 1.25 bits per heavy atom. The number of ether oxygens (including phenoxy) is 1. The average molecular weight is 219 g/mol. The van der Waals surface area contributed by atoms with Crippen LogP contribution in [0.3, 0.4) is 0 Å². The Balaban J connectivity index is 1.82. The number of hydrazone groups is 1. The summed E-state index contributed by atoms with van der Waals surface area (Å²) in [6.07, 6.45) is 1.83. The molecule has 1 aromatic rings. The first-order valence-electron chi connectivity index (χ1n) is 5.53. The fourth-order valence-electron chi connectivity index (χ4n) is 1.50. The van der Waals surface area contributed by atoms with Crippen molar-refractivity contribution < 1.29 is 4.74 Å². The molecule has 1 aliphatic rings. The average Bonchev–Trinajstić information content (AvgIpc) is 2.33. The van der Waals surface area contributed by atoms with Gasteiger partial charge >= 0.3 is 0 Å². The zero-order valence-corrected chi connectivity index (χ0v) is 9.52. The molecule has 0 aromatic heterocycles. The minimum Gasteiger partial charge on any atom is -0.379 e. The molecular formula is C12H17N3O. The van der Waals surface area contributed by atoms with E-state index in [2.05, 4.69) is 41.8 Å². The normalized spacial score (nSPS) is 17.8. The highest BCUT2D eigenvalue weighted by Gasteiger charge is 2.07. The quantitative estimate of drug-likeness (QED) is 0.612. The molecule has 1 fully saturated rings. The van der Waals surface area contributed by atoms with Crippen LogP contribution in [0.1, 0.15) is 11.1 Å². The summed E-state index contributed by atoms with van der Waals surface area (Å²) in [4.78, 5) is 0. The van der Waals surface area contributed by atoms with Crippen molar-refractivity contribution >= 4 is 6.21 Å². The number of hydrogen-bond acceptors (Lipinski definition) is 4. The van der Waals surface area contributed by atoms with Gasteiger partial charge in [0.2, 0.25) is 0 Å². The molecule has 2 rings (SSSR count). The van der Waals surface area contributed by atoms with Gasteiger partial charge in [-0.05, 0) is 12.5 Å². The molecule has 1 N–H and O–H groups in total. The number of aryl methyl sites for hydroxylation is 1. The van der Waals surface area contributed by atoms with Gasteiger partial charge in [0, 0.05) is 13.1 Å². The molecule has 1 heterocycles. The van der Waals surface area contributed by atoms with E-state index in [9.17, 15) is 0 Å². The second kappa shape index (κ2) is 5.63.